The summed E-state index contributed by atoms with van der Waals surface area (Å²) < 4.78 is 27.2. The van der Waals surface area contributed by atoms with Crippen LogP contribution in [0.1, 0.15) is 17.5 Å². The molecule has 0 spiro atoms. The second-order valence-electron chi connectivity index (χ2n) is 4.74. The minimum atomic E-state index is -3.39. The van der Waals surface area contributed by atoms with Gasteiger partial charge >= 0.3 is 0 Å². The van der Waals surface area contributed by atoms with Crippen LogP contribution in [0.15, 0.2) is 39.9 Å². The van der Waals surface area contributed by atoms with E-state index < -0.39 is 10.0 Å². The number of benzene rings is 1. The lowest BCUT2D eigenvalue weighted by Gasteiger charge is -2.30. The van der Waals surface area contributed by atoms with Crippen LogP contribution in [0.3, 0.4) is 0 Å². The zero-order valence-electron chi connectivity index (χ0n) is 10.7. The first kappa shape index (κ1) is 12.7. The molecule has 3 rings (SSSR count). The SMILES string of the molecule is Cc1ccc2c(c1)CCCN2S(=O)(=O)c1cccs1. The molecule has 0 saturated heterocycles. The third-order valence-electron chi connectivity index (χ3n) is 3.35. The van der Waals surface area contributed by atoms with E-state index in [9.17, 15) is 8.42 Å². The Balaban J connectivity index is 2.10. The molecule has 0 bridgehead atoms. The van der Waals surface area contributed by atoms with Gasteiger partial charge in [-0.15, -0.1) is 11.3 Å². The first-order valence-corrected chi connectivity index (χ1v) is 8.57. The van der Waals surface area contributed by atoms with Crippen molar-refractivity contribution >= 4 is 27.0 Å². The fraction of sp³-hybridized carbons (Fsp3) is 0.286. The molecule has 0 fully saturated rings. The van der Waals surface area contributed by atoms with E-state index in [1.165, 1.54) is 16.9 Å². The predicted octanol–water partition coefficient (Wildman–Crippen LogP) is 3.20. The maximum Gasteiger partial charge on any atom is 0.273 e. The van der Waals surface area contributed by atoms with Crippen LogP contribution in [0.5, 0.6) is 0 Å². The quantitative estimate of drug-likeness (QED) is 0.852. The molecule has 0 N–H and O–H groups in total. The Morgan fingerprint density at radius 1 is 1.26 bits per heavy atom. The molecule has 0 aliphatic carbocycles. The summed E-state index contributed by atoms with van der Waals surface area (Å²) in [5.74, 6) is 0. The number of rotatable bonds is 2. The predicted molar refractivity (Wildman–Crippen MR) is 78.4 cm³/mol. The molecule has 5 heteroatoms. The van der Waals surface area contributed by atoms with Crippen molar-refractivity contribution in [3.05, 3.63) is 46.8 Å². The molecule has 3 nitrogen and oxygen atoms in total. The molecule has 19 heavy (non-hydrogen) atoms. The number of anilines is 1. The zero-order chi connectivity index (χ0) is 13.5. The Kier molecular flexibility index (Phi) is 3.11. The molecule has 0 atom stereocenters. The molecular weight excluding hydrogens is 278 g/mol. The van der Waals surface area contributed by atoms with Crippen LogP contribution in [0, 0.1) is 6.92 Å². The first-order chi connectivity index (χ1) is 9.09. The molecule has 1 aromatic heterocycles. The van der Waals surface area contributed by atoms with Gasteiger partial charge in [-0.1, -0.05) is 23.8 Å². The number of nitrogens with zero attached hydrogens (tertiary/aromatic N) is 1. The Bertz CT molecular complexity index is 690. The van der Waals surface area contributed by atoms with Gasteiger partial charge in [0.1, 0.15) is 4.21 Å². The smallest absolute Gasteiger partial charge is 0.265 e. The highest BCUT2D eigenvalue weighted by Gasteiger charge is 2.29. The molecule has 2 aromatic rings. The van der Waals surface area contributed by atoms with Gasteiger partial charge in [-0.3, -0.25) is 4.31 Å². The number of thiophene rings is 1. The van der Waals surface area contributed by atoms with Crippen molar-refractivity contribution in [1.82, 2.24) is 0 Å². The molecule has 0 radical (unpaired) electrons. The summed E-state index contributed by atoms with van der Waals surface area (Å²) in [6.45, 7) is 2.60. The lowest BCUT2D eigenvalue weighted by Crippen LogP contribution is -2.35. The van der Waals surface area contributed by atoms with Crippen molar-refractivity contribution in [2.24, 2.45) is 0 Å². The van der Waals surface area contributed by atoms with Crippen molar-refractivity contribution in [1.29, 1.82) is 0 Å². The van der Waals surface area contributed by atoms with Crippen LogP contribution in [0.2, 0.25) is 0 Å². The summed E-state index contributed by atoms with van der Waals surface area (Å²) >= 11 is 1.27. The number of hydrogen-bond acceptors (Lipinski definition) is 3. The normalized spacial score (nSPS) is 15.3. The topological polar surface area (TPSA) is 37.4 Å². The summed E-state index contributed by atoms with van der Waals surface area (Å²) in [5.41, 5.74) is 3.14. The van der Waals surface area contributed by atoms with Crippen LogP contribution in [0.4, 0.5) is 5.69 Å². The van der Waals surface area contributed by atoms with Gasteiger partial charge in [0.25, 0.3) is 10.0 Å². The average Bonchev–Trinajstić information content (AvgIpc) is 2.92. The second-order valence-corrected chi connectivity index (χ2v) is 7.78. The van der Waals surface area contributed by atoms with E-state index in [0.29, 0.717) is 10.8 Å². The van der Waals surface area contributed by atoms with E-state index in [0.717, 1.165) is 24.1 Å². The monoisotopic (exact) mass is 293 g/mol. The zero-order valence-corrected chi connectivity index (χ0v) is 12.3. The van der Waals surface area contributed by atoms with Crippen molar-refractivity contribution in [2.75, 3.05) is 10.8 Å². The van der Waals surface area contributed by atoms with E-state index in [1.807, 2.05) is 19.1 Å². The van der Waals surface area contributed by atoms with Gasteiger partial charge < -0.3 is 0 Å². The van der Waals surface area contributed by atoms with Crippen molar-refractivity contribution < 1.29 is 8.42 Å². The Morgan fingerprint density at radius 2 is 2.11 bits per heavy atom. The fourth-order valence-corrected chi connectivity index (χ4v) is 5.11. The molecule has 1 aliphatic rings. The summed E-state index contributed by atoms with van der Waals surface area (Å²) in [7, 11) is -3.39. The maximum absolute atomic E-state index is 12.6. The number of sulfonamides is 1. The molecule has 0 amide bonds. The lowest BCUT2D eigenvalue weighted by molar-refractivity contribution is 0.588. The van der Waals surface area contributed by atoms with Crippen LogP contribution in [-0.4, -0.2) is 15.0 Å². The highest BCUT2D eigenvalue weighted by Crippen LogP contribution is 2.33. The van der Waals surface area contributed by atoms with Gasteiger partial charge in [-0.2, -0.15) is 0 Å². The minimum absolute atomic E-state index is 0.418. The molecule has 1 aromatic carbocycles. The van der Waals surface area contributed by atoms with E-state index in [1.54, 1.807) is 21.8 Å². The summed E-state index contributed by atoms with van der Waals surface area (Å²) in [4.78, 5) is 0. The first-order valence-electron chi connectivity index (χ1n) is 6.25. The van der Waals surface area contributed by atoms with Gasteiger partial charge in [-0.05, 0) is 42.8 Å². The third-order valence-corrected chi connectivity index (χ3v) is 6.54. The minimum Gasteiger partial charge on any atom is -0.265 e. The number of fused-ring (bicyclic) bond motifs is 1. The fourth-order valence-electron chi connectivity index (χ4n) is 2.46. The van der Waals surface area contributed by atoms with Crippen molar-refractivity contribution in [3.8, 4) is 0 Å². The van der Waals surface area contributed by atoms with E-state index in [2.05, 4.69) is 6.07 Å². The average molecular weight is 293 g/mol. The summed E-state index contributed by atoms with van der Waals surface area (Å²) in [6.07, 6.45) is 1.83. The lowest BCUT2D eigenvalue weighted by atomic mass is 10.0. The number of hydrogen-bond donors (Lipinski definition) is 0. The third kappa shape index (κ3) is 2.17. The molecule has 1 aliphatic heterocycles. The highest BCUT2D eigenvalue weighted by molar-refractivity contribution is 7.94. The molecular formula is C14H15NO2S2. The van der Waals surface area contributed by atoms with Crippen LogP contribution in [-0.2, 0) is 16.4 Å². The molecule has 0 unspecified atom stereocenters. The van der Waals surface area contributed by atoms with E-state index >= 15 is 0 Å². The Hall–Kier alpha value is -1.33. The second kappa shape index (κ2) is 4.65. The molecule has 0 saturated carbocycles. The van der Waals surface area contributed by atoms with Gasteiger partial charge in [0.15, 0.2) is 0 Å². The largest absolute Gasteiger partial charge is 0.273 e. The standard InChI is InChI=1S/C14H15NO2S2/c1-11-6-7-13-12(10-11)4-2-8-15(13)19(16,17)14-5-3-9-18-14/h3,5-7,9-10H,2,4,8H2,1H3. The Morgan fingerprint density at radius 3 is 2.84 bits per heavy atom. The van der Waals surface area contributed by atoms with Gasteiger partial charge in [0.2, 0.25) is 0 Å². The number of aryl methyl sites for hydroxylation is 2. The van der Waals surface area contributed by atoms with Crippen LogP contribution < -0.4 is 4.31 Å². The van der Waals surface area contributed by atoms with Crippen LogP contribution in [0.25, 0.3) is 0 Å². The van der Waals surface area contributed by atoms with Crippen LogP contribution >= 0.6 is 11.3 Å². The van der Waals surface area contributed by atoms with E-state index in [4.69, 9.17) is 0 Å². The van der Waals surface area contributed by atoms with Crippen molar-refractivity contribution in [3.63, 3.8) is 0 Å². The van der Waals surface area contributed by atoms with Gasteiger partial charge in [-0.25, -0.2) is 8.42 Å². The Labute approximate surface area is 117 Å². The van der Waals surface area contributed by atoms with Crippen molar-refractivity contribution in [2.45, 2.75) is 24.0 Å². The van der Waals surface area contributed by atoms with Gasteiger partial charge in [0.05, 0.1) is 5.69 Å². The van der Waals surface area contributed by atoms with E-state index in [-0.39, 0.29) is 0 Å². The highest BCUT2D eigenvalue weighted by atomic mass is 32.2. The summed E-state index contributed by atoms with van der Waals surface area (Å²) in [6, 6.07) is 9.43. The molecule has 2 heterocycles. The molecule has 100 valence electrons. The maximum atomic E-state index is 12.6. The summed E-state index contributed by atoms with van der Waals surface area (Å²) in [5, 5.41) is 1.80. The van der Waals surface area contributed by atoms with Gasteiger partial charge in [0, 0.05) is 6.54 Å².